The van der Waals surface area contributed by atoms with Crippen molar-refractivity contribution >= 4 is 17.3 Å². The number of hydrogen-bond acceptors (Lipinski definition) is 3. The van der Waals surface area contributed by atoms with E-state index in [-0.39, 0.29) is 5.78 Å². The summed E-state index contributed by atoms with van der Waals surface area (Å²) >= 11 is 0. The monoisotopic (exact) mass is 230 g/mol. The first kappa shape index (κ1) is 11.7. The first-order chi connectivity index (χ1) is 8.16. The van der Waals surface area contributed by atoms with E-state index in [0.717, 1.165) is 12.8 Å². The van der Waals surface area contributed by atoms with E-state index >= 15 is 0 Å². The molecule has 0 fully saturated rings. The summed E-state index contributed by atoms with van der Waals surface area (Å²) in [5, 5.41) is 0. The van der Waals surface area contributed by atoms with Crippen LogP contribution in [0.3, 0.4) is 0 Å². The molecule has 0 N–H and O–H groups in total. The number of ketones is 3. The van der Waals surface area contributed by atoms with Crippen LogP contribution in [0.15, 0.2) is 24.3 Å². The first-order valence-corrected chi connectivity index (χ1v) is 5.87. The van der Waals surface area contributed by atoms with Gasteiger partial charge in [0.2, 0.25) is 11.6 Å². The maximum Gasteiger partial charge on any atom is 0.230 e. The van der Waals surface area contributed by atoms with Gasteiger partial charge in [-0.3, -0.25) is 14.4 Å². The van der Waals surface area contributed by atoms with Gasteiger partial charge in [0.25, 0.3) is 0 Å². The Balaban J connectivity index is 2.33. The molecule has 2 rings (SSSR count). The highest BCUT2D eigenvalue weighted by Crippen LogP contribution is 2.31. The van der Waals surface area contributed by atoms with Crippen molar-refractivity contribution in [3.05, 3.63) is 35.4 Å². The minimum Gasteiger partial charge on any atom is -0.299 e. The van der Waals surface area contributed by atoms with Crippen LogP contribution in [0, 0.1) is 0 Å². The Kier molecular flexibility index (Phi) is 3.18. The Morgan fingerprint density at radius 2 is 1.94 bits per heavy atom. The lowest BCUT2D eigenvalue weighted by Gasteiger charge is -2.07. The van der Waals surface area contributed by atoms with E-state index in [2.05, 4.69) is 0 Å². The molecule has 88 valence electrons. The average Bonchev–Trinajstić information content (AvgIpc) is 2.60. The molecule has 1 aromatic carbocycles. The summed E-state index contributed by atoms with van der Waals surface area (Å²) in [6.45, 7) is 1.99. The van der Waals surface area contributed by atoms with Crippen molar-refractivity contribution in [1.29, 1.82) is 0 Å². The van der Waals surface area contributed by atoms with Gasteiger partial charge in [0.1, 0.15) is 11.7 Å². The molecule has 1 unspecified atom stereocenters. The van der Waals surface area contributed by atoms with Gasteiger partial charge in [-0.2, -0.15) is 0 Å². The summed E-state index contributed by atoms with van der Waals surface area (Å²) < 4.78 is 0. The highest BCUT2D eigenvalue weighted by Gasteiger charge is 2.41. The first-order valence-electron chi connectivity index (χ1n) is 5.87. The predicted molar refractivity (Wildman–Crippen MR) is 63.1 cm³/mol. The fraction of sp³-hybridized carbons (Fsp3) is 0.357. The standard InChI is InChI=1S/C14H14O3/c1-2-3-8-11(15)12-9-6-4-5-7-10(9)13(16)14(12)17/h4-7,12H,2-3,8H2,1H3. The van der Waals surface area contributed by atoms with Crippen LogP contribution in [0.25, 0.3) is 0 Å². The zero-order valence-corrected chi connectivity index (χ0v) is 9.73. The Bertz CT molecular complexity index is 488. The maximum atomic E-state index is 11.9. The number of Topliss-reactive ketones (excluding diaryl/α,β-unsaturated/α-hetero) is 3. The number of unbranched alkanes of at least 4 members (excludes halogenated alkanes) is 1. The molecule has 3 nitrogen and oxygen atoms in total. The molecule has 0 bridgehead atoms. The third-order valence-electron chi connectivity index (χ3n) is 3.10. The minimum atomic E-state index is -0.842. The number of carbonyl (C=O) groups is 3. The van der Waals surface area contributed by atoms with E-state index in [9.17, 15) is 14.4 Å². The number of fused-ring (bicyclic) bond motifs is 1. The smallest absolute Gasteiger partial charge is 0.230 e. The van der Waals surface area contributed by atoms with E-state index in [4.69, 9.17) is 0 Å². The normalized spacial score (nSPS) is 18.3. The molecule has 0 aromatic heterocycles. The van der Waals surface area contributed by atoms with Gasteiger partial charge in [0.05, 0.1) is 0 Å². The van der Waals surface area contributed by atoms with Crippen LogP contribution < -0.4 is 0 Å². The summed E-state index contributed by atoms with van der Waals surface area (Å²) in [6.07, 6.45) is 2.04. The summed E-state index contributed by atoms with van der Waals surface area (Å²) in [7, 11) is 0. The number of rotatable bonds is 4. The number of carbonyl (C=O) groups excluding carboxylic acids is 3. The van der Waals surface area contributed by atoms with Crippen molar-refractivity contribution in [2.24, 2.45) is 0 Å². The second-order valence-electron chi connectivity index (χ2n) is 4.28. The van der Waals surface area contributed by atoms with Gasteiger partial charge < -0.3 is 0 Å². The van der Waals surface area contributed by atoms with Gasteiger partial charge in [-0.1, -0.05) is 37.6 Å². The molecule has 0 spiro atoms. The van der Waals surface area contributed by atoms with E-state index in [1.54, 1.807) is 24.3 Å². The molecule has 1 aromatic rings. The number of benzene rings is 1. The zero-order chi connectivity index (χ0) is 12.4. The molecule has 1 aliphatic carbocycles. The third-order valence-corrected chi connectivity index (χ3v) is 3.10. The molecule has 0 amide bonds. The molecule has 17 heavy (non-hydrogen) atoms. The Morgan fingerprint density at radius 3 is 2.65 bits per heavy atom. The third kappa shape index (κ3) is 1.93. The number of hydrogen-bond donors (Lipinski definition) is 0. The summed E-state index contributed by atoms with van der Waals surface area (Å²) in [5.74, 6) is -2.05. The zero-order valence-electron chi connectivity index (χ0n) is 9.73. The predicted octanol–water partition coefficient (Wildman–Crippen LogP) is 2.29. The van der Waals surface area contributed by atoms with Crippen LogP contribution in [0.5, 0.6) is 0 Å². The van der Waals surface area contributed by atoms with Crippen LogP contribution in [0.4, 0.5) is 0 Å². The van der Waals surface area contributed by atoms with Crippen molar-refractivity contribution in [2.75, 3.05) is 0 Å². The van der Waals surface area contributed by atoms with E-state index in [1.165, 1.54) is 0 Å². The van der Waals surface area contributed by atoms with Gasteiger partial charge in [-0.15, -0.1) is 0 Å². The molecular formula is C14H14O3. The van der Waals surface area contributed by atoms with Crippen molar-refractivity contribution in [1.82, 2.24) is 0 Å². The minimum absolute atomic E-state index is 0.129. The van der Waals surface area contributed by atoms with Crippen LogP contribution in [-0.2, 0) is 9.59 Å². The van der Waals surface area contributed by atoms with Gasteiger partial charge in [-0.05, 0) is 12.0 Å². The van der Waals surface area contributed by atoms with Crippen molar-refractivity contribution in [3.63, 3.8) is 0 Å². The highest BCUT2D eigenvalue weighted by molar-refractivity contribution is 6.52. The molecule has 1 aliphatic rings. The van der Waals surface area contributed by atoms with E-state index in [0.29, 0.717) is 17.5 Å². The lowest BCUT2D eigenvalue weighted by Crippen LogP contribution is -2.20. The topological polar surface area (TPSA) is 51.2 Å². The lowest BCUT2D eigenvalue weighted by molar-refractivity contribution is -0.126. The lowest BCUT2D eigenvalue weighted by atomic mass is 9.93. The summed E-state index contributed by atoms with van der Waals surface area (Å²) in [6, 6.07) is 6.78. The fourth-order valence-corrected chi connectivity index (χ4v) is 2.18. The summed E-state index contributed by atoms with van der Waals surface area (Å²) in [5.41, 5.74) is 0.982. The molecule has 0 saturated carbocycles. The largest absolute Gasteiger partial charge is 0.299 e. The quantitative estimate of drug-likeness (QED) is 0.589. The van der Waals surface area contributed by atoms with Crippen LogP contribution in [0.2, 0.25) is 0 Å². The Labute approximate surface area is 99.8 Å². The fourth-order valence-electron chi connectivity index (χ4n) is 2.18. The highest BCUT2D eigenvalue weighted by atomic mass is 16.2. The Morgan fingerprint density at radius 1 is 1.24 bits per heavy atom. The molecule has 1 atom stereocenters. The van der Waals surface area contributed by atoms with Crippen LogP contribution in [0.1, 0.15) is 48.0 Å². The average molecular weight is 230 g/mol. The van der Waals surface area contributed by atoms with Crippen LogP contribution >= 0.6 is 0 Å². The van der Waals surface area contributed by atoms with Crippen molar-refractivity contribution < 1.29 is 14.4 Å². The molecule has 0 saturated heterocycles. The van der Waals surface area contributed by atoms with Crippen molar-refractivity contribution in [2.45, 2.75) is 32.1 Å². The van der Waals surface area contributed by atoms with Crippen molar-refractivity contribution in [3.8, 4) is 0 Å². The summed E-state index contributed by atoms with van der Waals surface area (Å²) in [4.78, 5) is 35.4. The van der Waals surface area contributed by atoms with Crippen LogP contribution in [-0.4, -0.2) is 17.3 Å². The SMILES string of the molecule is CCCCC(=O)C1C(=O)C(=O)c2ccccc21. The second kappa shape index (κ2) is 4.62. The molecule has 3 heteroatoms. The van der Waals surface area contributed by atoms with E-state index in [1.807, 2.05) is 6.92 Å². The Hall–Kier alpha value is -1.77. The van der Waals surface area contributed by atoms with Gasteiger partial charge in [0, 0.05) is 12.0 Å². The molecule has 0 heterocycles. The molecule has 0 aliphatic heterocycles. The maximum absolute atomic E-state index is 11.9. The van der Waals surface area contributed by atoms with Gasteiger partial charge in [0.15, 0.2) is 0 Å². The second-order valence-corrected chi connectivity index (χ2v) is 4.28. The van der Waals surface area contributed by atoms with E-state index < -0.39 is 17.5 Å². The van der Waals surface area contributed by atoms with Gasteiger partial charge >= 0.3 is 0 Å². The molecular weight excluding hydrogens is 216 g/mol. The van der Waals surface area contributed by atoms with Gasteiger partial charge in [-0.25, -0.2) is 0 Å². The molecule has 0 radical (unpaired) electrons.